The van der Waals surface area contributed by atoms with E-state index in [0.717, 1.165) is 24.3 Å². The van der Waals surface area contributed by atoms with Crippen LogP contribution in [0.4, 0.5) is 35.9 Å². The SMILES string of the molecule is CC(C)(C)OC(=O)NC(CCCCNC(=O)O)C(=O)N(Cc1ccc(OC(F)(F)F)cc1)Cc1ccc(OC(F)(F)F)cc1. The predicted molar refractivity (Wildman–Crippen MR) is 144 cm³/mol. The van der Waals surface area contributed by atoms with E-state index in [1.165, 1.54) is 29.2 Å². The van der Waals surface area contributed by atoms with E-state index in [0.29, 0.717) is 24.0 Å². The van der Waals surface area contributed by atoms with Gasteiger partial charge in [0, 0.05) is 19.6 Å². The molecule has 10 nitrogen and oxygen atoms in total. The van der Waals surface area contributed by atoms with Gasteiger partial charge in [0.15, 0.2) is 0 Å². The molecule has 244 valence electrons. The van der Waals surface area contributed by atoms with Crippen molar-refractivity contribution in [3.05, 3.63) is 59.7 Å². The largest absolute Gasteiger partial charge is 0.573 e. The van der Waals surface area contributed by atoms with E-state index in [-0.39, 0.29) is 26.1 Å². The Bertz CT molecular complexity index is 1170. The first-order chi connectivity index (χ1) is 20.3. The van der Waals surface area contributed by atoms with Crippen molar-refractivity contribution in [3.63, 3.8) is 0 Å². The summed E-state index contributed by atoms with van der Waals surface area (Å²) in [6.45, 7) is 4.60. The molecule has 0 heterocycles. The average molecular weight is 638 g/mol. The van der Waals surface area contributed by atoms with Gasteiger partial charge in [0.2, 0.25) is 5.91 Å². The van der Waals surface area contributed by atoms with Crippen molar-refractivity contribution in [2.45, 2.75) is 77.5 Å². The van der Waals surface area contributed by atoms with Crippen LogP contribution in [0.3, 0.4) is 0 Å². The van der Waals surface area contributed by atoms with Crippen LogP contribution in [-0.2, 0) is 22.6 Å². The van der Waals surface area contributed by atoms with Crippen LogP contribution >= 0.6 is 0 Å². The first kappa shape index (κ1) is 35.8. The van der Waals surface area contributed by atoms with E-state index in [2.05, 4.69) is 20.1 Å². The zero-order valence-electron chi connectivity index (χ0n) is 24.1. The Morgan fingerprint density at radius 2 is 1.25 bits per heavy atom. The molecule has 0 aliphatic rings. The molecule has 1 unspecified atom stereocenters. The second kappa shape index (κ2) is 15.4. The molecule has 0 saturated carbocycles. The quantitative estimate of drug-likeness (QED) is 0.173. The zero-order valence-corrected chi connectivity index (χ0v) is 24.1. The summed E-state index contributed by atoms with van der Waals surface area (Å²) >= 11 is 0. The topological polar surface area (TPSA) is 126 Å². The molecule has 0 bridgehead atoms. The minimum Gasteiger partial charge on any atom is -0.465 e. The highest BCUT2D eigenvalue weighted by Gasteiger charge is 2.32. The maximum atomic E-state index is 13.8. The Labute approximate surface area is 249 Å². The highest BCUT2D eigenvalue weighted by Crippen LogP contribution is 2.25. The average Bonchev–Trinajstić information content (AvgIpc) is 2.86. The Morgan fingerprint density at radius 1 is 0.795 bits per heavy atom. The molecular weight excluding hydrogens is 604 g/mol. The van der Waals surface area contributed by atoms with Crippen molar-refractivity contribution in [2.24, 2.45) is 0 Å². The molecule has 1 atom stereocenters. The number of carboxylic acid groups (broad SMARTS) is 1. The van der Waals surface area contributed by atoms with Gasteiger partial charge in [-0.3, -0.25) is 4.79 Å². The van der Waals surface area contributed by atoms with Gasteiger partial charge >= 0.3 is 24.9 Å². The van der Waals surface area contributed by atoms with Gasteiger partial charge in [-0.1, -0.05) is 24.3 Å². The monoisotopic (exact) mass is 637 g/mol. The van der Waals surface area contributed by atoms with E-state index in [1.54, 1.807) is 20.8 Å². The number of carbonyl (C=O) groups excluding carboxylic acids is 2. The second-order valence-corrected chi connectivity index (χ2v) is 10.5. The summed E-state index contributed by atoms with van der Waals surface area (Å²) in [6.07, 6.45) is -11.3. The van der Waals surface area contributed by atoms with Gasteiger partial charge in [-0.05, 0) is 75.4 Å². The second-order valence-electron chi connectivity index (χ2n) is 10.5. The third-order valence-electron chi connectivity index (χ3n) is 5.56. The number of hydrogen-bond acceptors (Lipinski definition) is 6. The number of ether oxygens (including phenoxy) is 3. The van der Waals surface area contributed by atoms with E-state index < -0.39 is 54.0 Å². The van der Waals surface area contributed by atoms with Crippen molar-refractivity contribution in [3.8, 4) is 11.5 Å². The van der Waals surface area contributed by atoms with Crippen LogP contribution in [0, 0.1) is 0 Å². The number of unbranched alkanes of at least 4 members (excludes halogenated alkanes) is 1. The lowest BCUT2D eigenvalue weighted by Crippen LogP contribution is -2.49. The lowest BCUT2D eigenvalue weighted by molar-refractivity contribution is -0.275. The third kappa shape index (κ3) is 14.7. The summed E-state index contributed by atoms with van der Waals surface area (Å²) in [7, 11) is 0. The van der Waals surface area contributed by atoms with Crippen molar-refractivity contribution in [1.29, 1.82) is 0 Å². The molecule has 3 amide bonds. The van der Waals surface area contributed by atoms with Gasteiger partial charge in [0.25, 0.3) is 0 Å². The maximum absolute atomic E-state index is 13.8. The van der Waals surface area contributed by atoms with Gasteiger partial charge in [-0.2, -0.15) is 0 Å². The fraction of sp³-hybridized carbons (Fsp3) is 0.464. The number of nitrogens with one attached hydrogen (secondary N) is 2. The van der Waals surface area contributed by atoms with Gasteiger partial charge in [0.1, 0.15) is 23.1 Å². The van der Waals surface area contributed by atoms with E-state index in [4.69, 9.17) is 9.84 Å². The van der Waals surface area contributed by atoms with Crippen LogP contribution in [0.5, 0.6) is 11.5 Å². The van der Waals surface area contributed by atoms with Gasteiger partial charge in [-0.15, -0.1) is 26.3 Å². The molecule has 0 saturated heterocycles. The number of carbonyl (C=O) groups is 3. The molecule has 3 N–H and O–H groups in total. The fourth-order valence-electron chi connectivity index (χ4n) is 3.84. The smallest absolute Gasteiger partial charge is 0.465 e. The summed E-state index contributed by atoms with van der Waals surface area (Å²) in [5.41, 5.74) is -0.137. The molecule has 16 heteroatoms. The van der Waals surface area contributed by atoms with Gasteiger partial charge in [0.05, 0.1) is 0 Å². The Balaban J connectivity index is 2.33. The van der Waals surface area contributed by atoms with Crippen LogP contribution in [-0.4, -0.2) is 59.0 Å². The predicted octanol–water partition coefficient (Wildman–Crippen LogP) is 6.34. The van der Waals surface area contributed by atoms with Crippen LogP contribution in [0.15, 0.2) is 48.5 Å². The highest BCUT2D eigenvalue weighted by molar-refractivity contribution is 5.85. The number of nitrogens with zero attached hydrogens (tertiary/aromatic N) is 1. The molecule has 0 aliphatic carbocycles. The number of amides is 3. The Kier molecular flexibility index (Phi) is 12.5. The molecule has 44 heavy (non-hydrogen) atoms. The van der Waals surface area contributed by atoms with Crippen LogP contribution in [0.25, 0.3) is 0 Å². The van der Waals surface area contributed by atoms with Crippen LogP contribution in [0.2, 0.25) is 0 Å². The Morgan fingerprint density at radius 3 is 1.64 bits per heavy atom. The molecule has 0 aliphatic heterocycles. The molecule has 2 rings (SSSR count). The van der Waals surface area contributed by atoms with Gasteiger partial charge in [-0.25, -0.2) is 9.59 Å². The highest BCUT2D eigenvalue weighted by atomic mass is 19.4. The summed E-state index contributed by atoms with van der Waals surface area (Å²) < 4.78 is 88.5. The van der Waals surface area contributed by atoms with E-state index in [1.807, 2.05) is 0 Å². The summed E-state index contributed by atoms with van der Waals surface area (Å²) in [6, 6.07) is 8.26. The van der Waals surface area contributed by atoms with Crippen molar-refractivity contribution in [2.75, 3.05) is 6.54 Å². The van der Waals surface area contributed by atoms with Crippen LogP contribution in [0.1, 0.15) is 51.2 Å². The van der Waals surface area contributed by atoms with E-state index >= 15 is 0 Å². The molecule has 2 aromatic carbocycles. The zero-order chi connectivity index (χ0) is 33.1. The fourth-order valence-corrected chi connectivity index (χ4v) is 3.84. The lowest BCUT2D eigenvalue weighted by Gasteiger charge is -2.29. The summed E-state index contributed by atoms with van der Waals surface area (Å²) in [4.78, 5) is 38.4. The number of alkyl carbamates (subject to hydrolysis) is 1. The minimum absolute atomic E-state index is 0.0621. The number of hydrogen-bond donors (Lipinski definition) is 3. The first-order valence-corrected chi connectivity index (χ1v) is 13.2. The molecule has 0 fully saturated rings. The Hall–Kier alpha value is -4.37. The molecule has 0 spiro atoms. The maximum Gasteiger partial charge on any atom is 0.573 e. The number of alkyl halides is 6. The van der Waals surface area contributed by atoms with Gasteiger partial charge < -0.3 is 34.9 Å². The van der Waals surface area contributed by atoms with Crippen molar-refractivity contribution < 1.29 is 60.0 Å². The molecule has 0 aromatic heterocycles. The lowest BCUT2D eigenvalue weighted by atomic mass is 10.1. The number of halogens is 6. The van der Waals surface area contributed by atoms with Crippen molar-refractivity contribution >= 4 is 18.1 Å². The van der Waals surface area contributed by atoms with E-state index in [9.17, 15) is 40.7 Å². The molecular formula is C28H33F6N3O7. The third-order valence-corrected chi connectivity index (χ3v) is 5.56. The van der Waals surface area contributed by atoms with Crippen LogP contribution < -0.4 is 20.1 Å². The summed E-state index contributed by atoms with van der Waals surface area (Å²) in [5.74, 6) is -1.61. The summed E-state index contributed by atoms with van der Waals surface area (Å²) in [5, 5.41) is 13.5. The molecule has 2 aromatic rings. The standard InChI is InChI=1S/C28H33F6N3O7/c1-26(2,3)44-25(41)36-22(6-4-5-15-35-24(39)40)23(38)37(16-18-7-11-20(12-8-18)42-27(29,30)31)17-19-9-13-21(14-10-19)43-28(32,33)34/h7-14,22,35H,4-6,15-17H2,1-3H3,(H,36,41)(H,39,40). The molecule has 0 radical (unpaired) electrons. The van der Waals surface area contributed by atoms with Crippen molar-refractivity contribution in [1.82, 2.24) is 15.5 Å². The first-order valence-electron chi connectivity index (χ1n) is 13.2. The number of rotatable bonds is 13. The minimum atomic E-state index is -4.91. The number of benzene rings is 2. The normalized spacial score (nSPS) is 12.6.